The Balaban J connectivity index is 1.38. The first-order valence-corrected chi connectivity index (χ1v) is 9.20. The first-order chi connectivity index (χ1) is 13.6. The molecule has 0 aliphatic carbocycles. The van der Waals surface area contributed by atoms with Crippen LogP contribution in [0.5, 0.6) is 5.75 Å². The summed E-state index contributed by atoms with van der Waals surface area (Å²) < 4.78 is 5.56. The molecule has 5 nitrogen and oxygen atoms in total. The van der Waals surface area contributed by atoms with Crippen molar-refractivity contribution in [2.75, 3.05) is 11.9 Å². The van der Waals surface area contributed by atoms with Gasteiger partial charge in [-0.1, -0.05) is 17.7 Å². The molecular weight excluding hydrogens is 374 g/mol. The number of ether oxygens (including phenoxy) is 1. The molecule has 0 aliphatic rings. The second kappa shape index (κ2) is 7.74. The van der Waals surface area contributed by atoms with Gasteiger partial charge in [-0.2, -0.15) is 0 Å². The van der Waals surface area contributed by atoms with Crippen molar-refractivity contribution in [3.05, 3.63) is 77.3 Å². The minimum atomic E-state index is -0.237. The molecule has 0 bridgehead atoms. The maximum atomic E-state index is 12.0. The minimum Gasteiger partial charge on any atom is -0.484 e. The van der Waals surface area contributed by atoms with Gasteiger partial charge < -0.3 is 15.0 Å². The van der Waals surface area contributed by atoms with Gasteiger partial charge in [-0.15, -0.1) is 0 Å². The summed E-state index contributed by atoms with van der Waals surface area (Å²) in [5.74, 6) is 1.17. The zero-order valence-corrected chi connectivity index (χ0v) is 16.0. The zero-order valence-electron chi connectivity index (χ0n) is 15.2. The number of benzene rings is 3. The van der Waals surface area contributed by atoms with Gasteiger partial charge in [0.2, 0.25) is 0 Å². The van der Waals surface area contributed by atoms with E-state index in [0.717, 1.165) is 22.4 Å². The molecule has 28 heavy (non-hydrogen) atoms. The van der Waals surface area contributed by atoms with Gasteiger partial charge in [0.25, 0.3) is 5.91 Å². The Hall–Kier alpha value is -3.31. The van der Waals surface area contributed by atoms with E-state index in [1.54, 1.807) is 24.3 Å². The van der Waals surface area contributed by atoms with Gasteiger partial charge in [-0.25, -0.2) is 4.98 Å². The molecule has 6 heteroatoms. The Kier molecular flexibility index (Phi) is 5.00. The summed E-state index contributed by atoms with van der Waals surface area (Å²) in [4.78, 5) is 19.9. The number of aromatic amines is 1. The third kappa shape index (κ3) is 4.15. The number of hydrogen-bond acceptors (Lipinski definition) is 3. The van der Waals surface area contributed by atoms with Crippen molar-refractivity contribution in [3.8, 4) is 17.1 Å². The summed E-state index contributed by atoms with van der Waals surface area (Å²) in [7, 11) is 0. The average molecular weight is 392 g/mol. The molecule has 0 aliphatic heterocycles. The zero-order chi connectivity index (χ0) is 19.5. The molecule has 140 valence electrons. The number of rotatable bonds is 5. The van der Waals surface area contributed by atoms with Crippen LogP contribution in [0.25, 0.3) is 22.4 Å². The van der Waals surface area contributed by atoms with Crippen LogP contribution in [0.3, 0.4) is 0 Å². The predicted molar refractivity (Wildman–Crippen MR) is 112 cm³/mol. The number of anilines is 1. The lowest BCUT2D eigenvalue weighted by Gasteiger charge is -2.08. The fourth-order valence-electron chi connectivity index (χ4n) is 2.85. The Labute approximate surface area is 167 Å². The summed E-state index contributed by atoms with van der Waals surface area (Å²) in [5.41, 5.74) is 4.75. The molecule has 2 N–H and O–H groups in total. The number of halogens is 1. The fourth-order valence-corrected chi connectivity index (χ4v) is 2.97. The monoisotopic (exact) mass is 391 g/mol. The highest BCUT2D eigenvalue weighted by atomic mass is 35.5. The molecule has 0 spiro atoms. The van der Waals surface area contributed by atoms with E-state index < -0.39 is 0 Å². The highest BCUT2D eigenvalue weighted by Crippen LogP contribution is 2.23. The van der Waals surface area contributed by atoms with Gasteiger partial charge in [-0.3, -0.25) is 4.79 Å². The van der Waals surface area contributed by atoms with E-state index in [2.05, 4.69) is 28.3 Å². The SMILES string of the molecule is Cc1ccc2nc(-c3ccc(OCC(=O)Nc4ccc(Cl)cc4)cc3)[nH]c2c1. The predicted octanol–water partition coefficient (Wildman–Crippen LogP) is 5.21. The Bertz CT molecular complexity index is 1120. The largest absolute Gasteiger partial charge is 0.484 e. The Morgan fingerprint density at radius 2 is 1.82 bits per heavy atom. The first-order valence-electron chi connectivity index (χ1n) is 8.82. The molecule has 1 heterocycles. The van der Waals surface area contributed by atoms with Crippen molar-refractivity contribution >= 4 is 34.2 Å². The summed E-state index contributed by atoms with van der Waals surface area (Å²) in [5, 5.41) is 3.38. The van der Waals surface area contributed by atoms with Crippen LogP contribution >= 0.6 is 11.6 Å². The number of imidazole rings is 1. The number of hydrogen-bond donors (Lipinski definition) is 2. The molecule has 1 amide bonds. The van der Waals surface area contributed by atoms with Crippen molar-refractivity contribution in [1.29, 1.82) is 0 Å². The van der Waals surface area contributed by atoms with Crippen LogP contribution in [0.15, 0.2) is 66.7 Å². The van der Waals surface area contributed by atoms with Gasteiger partial charge >= 0.3 is 0 Å². The summed E-state index contributed by atoms with van der Waals surface area (Å²) in [6.45, 7) is 1.97. The van der Waals surface area contributed by atoms with Crippen LogP contribution in [0, 0.1) is 6.92 Å². The van der Waals surface area contributed by atoms with Crippen LogP contribution in [0.4, 0.5) is 5.69 Å². The van der Waals surface area contributed by atoms with E-state index in [0.29, 0.717) is 16.5 Å². The van der Waals surface area contributed by atoms with E-state index in [1.165, 1.54) is 5.56 Å². The molecule has 4 rings (SSSR count). The number of nitrogens with zero attached hydrogens (tertiary/aromatic N) is 1. The molecule has 0 saturated heterocycles. The Morgan fingerprint density at radius 3 is 2.57 bits per heavy atom. The van der Waals surface area contributed by atoms with Crippen molar-refractivity contribution in [2.24, 2.45) is 0 Å². The van der Waals surface area contributed by atoms with Crippen LogP contribution in [-0.4, -0.2) is 22.5 Å². The Morgan fingerprint density at radius 1 is 1.07 bits per heavy atom. The molecule has 0 radical (unpaired) electrons. The molecule has 0 saturated carbocycles. The lowest BCUT2D eigenvalue weighted by molar-refractivity contribution is -0.118. The number of H-pyrrole nitrogens is 1. The average Bonchev–Trinajstić information content (AvgIpc) is 3.12. The van der Waals surface area contributed by atoms with Gasteiger partial charge in [0.05, 0.1) is 11.0 Å². The van der Waals surface area contributed by atoms with E-state index in [4.69, 9.17) is 16.3 Å². The summed E-state index contributed by atoms with van der Waals surface area (Å²) in [6, 6.07) is 20.5. The lowest BCUT2D eigenvalue weighted by Crippen LogP contribution is -2.20. The summed E-state index contributed by atoms with van der Waals surface area (Å²) >= 11 is 5.83. The van der Waals surface area contributed by atoms with Gasteiger partial charge in [0.15, 0.2) is 6.61 Å². The topological polar surface area (TPSA) is 67.0 Å². The normalized spacial score (nSPS) is 10.8. The number of nitrogens with one attached hydrogen (secondary N) is 2. The van der Waals surface area contributed by atoms with E-state index in [9.17, 15) is 4.79 Å². The van der Waals surface area contributed by atoms with Crippen molar-refractivity contribution in [1.82, 2.24) is 9.97 Å². The van der Waals surface area contributed by atoms with Gasteiger partial charge in [0, 0.05) is 16.3 Å². The first kappa shape index (κ1) is 18.1. The van der Waals surface area contributed by atoms with Crippen LogP contribution < -0.4 is 10.1 Å². The second-order valence-corrected chi connectivity index (χ2v) is 6.91. The van der Waals surface area contributed by atoms with Crippen molar-refractivity contribution in [3.63, 3.8) is 0 Å². The highest BCUT2D eigenvalue weighted by Gasteiger charge is 2.07. The van der Waals surface area contributed by atoms with Crippen molar-refractivity contribution < 1.29 is 9.53 Å². The number of aromatic nitrogens is 2. The number of fused-ring (bicyclic) bond motifs is 1. The third-order valence-electron chi connectivity index (χ3n) is 4.26. The minimum absolute atomic E-state index is 0.0775. The molecule has 0 fully saturated rings. The second-order valence-electron chi connectivity index (χ2n) is 6.47. The molecule has 0 atom stereocenters. The van der Waals surface area contributed by atoms with Crippen LogP contribution in [0.1, 0.15) is 5.56 Å². The van der Waals surface area contributed by atoms with Crippen LogP contribution in [-0.2, 0) is 4.79 Å². The van der Waals surface area contributed by atoms with E-state index >= 15 is 0 Å². The van der Waals surface area contributed by atoms with E-state index in [1.807, 2.05) is 36.4 Å². The van der Waals surface area contributed by atoms with E-state index in [-0.39, 0.29) is 12.5 Å². The third-order valence-corrected chi connectivity index (χ3v) is 4.52. The molecule has 4 aromatic rings. The van der Waals surface area contributed by atoms with Crippen molar-refractivity contribution in [2.45, 2.75) is 6.92 Å². The quantitative estimate of drug-likeness (QED) is 0.490. The van der Waals surface area contributed by atoms with Gasteiger partial charge in [-0.05, 0) is 73.2 Å². The number of carbonyl (C=O) groups excluding carboxylic acids is 1. The fraction of sp³-hybridized carbons (Fsp3) is 0.0909. The molecule has 3 aromatic carbocycles. The standard InChI is InChI=1S/C22H18ClN3O2/c1-14-2-11-19-20(12-14)26-22(25-19)15-3-9-18(10-4-15)28-13-21(27)24-17-7-5-16(23)6-8-17/h2-12H,13H2,1H3,(H,24,27)(H,25,26). The smallest absolute Gasteiger partial charge is 0.262 e. The highest BCUT2D eigenvalue weighted by molar-refractivity contribution is 6.30. The molecule has 1 aromatic heterocycles. The number of aryl methyl sites for hydroxylation is 1. The summed E-state index contributed by atoms with van der Waals surface area (Å²) in [6.07, 6.45) is 0. The molecule has 0 unspecified atom stereocenters. The lowest BCUT2D eigenvalue weighted by atomic mass is 10.2. The maximum absolute atomic E-state index is 12.0. The van der Waals surface area contributed by atoms with Crippen LogP contribution in [0.2, 0.25) is 5.02 Å². The number of carbonyl (C=O) groups is 1. The maximum Gasteiger partial charge on any atom is 0.262 e. The van der Waals surface area contributed by atoms with Gasteiger partial charge in [0.1, 0.15) is 11.6 Å². The number of amides is 1. The molecular formula is C22H18ClN3O2.